The highest BCUT2D eigenvalue weighted by molar-refractivity contribution is 7.89. The average molecular weight is 388 g/mol. The van der Waals surface area contributed by atoms with E-state index >= 15 is 0 Å². The second-order valence-electron chi connectivity index (χ2n) is 7.03. The monoisotopic (exact) mass is 388 g/mol. The summed E-state index contributed by atoms with van der Waals surface area (Å²) < 4.78 is 43.0. The number of imidazole rings is 1. The largest absolute Gasteiger partial charge is 0.315 e. The van der Waals surface area contributed by atoms with E-state index in [9.17, 15) is 12.8 Å². The van der Waals surface area contributed by atoms with Gasteiger partial charge in [0.15, 0.2) is 5.65 Å². The molecule has 1 saturated heterocycles. The highest BCUT2D eigenvalue weighted by Gasteiger charge is 2.31. The van der Waals surface area contributed by atoms with Crippen molar-refractivity contribution >= 4 is 21.2 Å². The number of hydrogen-bond donors (Lipinski definition) is 0. The van der Waals surface area contributed by atoms with Gasteiger partial charge in [-0.25, -0.2) is 22.8 Å². The summed E-state index contributed by atoms with van der Waals surface area (Å²) in [6, 6.07) is 7.72. The molecule has 1 aliphatic heterocycles. The Hall–Kier alpha value is -2.32. The smallest absolute Gasteiger partial charge is 0.243 e. The predicted octanol–water partition coefficient (Wildman–Crippen LogP) is 2.98. The number of aryl methyl sites for hydroxylation is 1. The topological polar surface area (TPSA) is 68.1 Å². The van der Waals surface area contributed by atoms with Gasteiger partial charge in [0, 0.05) is 25.8 Å². The van der Waals surface area contributed by atoms with Gasteiger partial charge in [0.2, 0.25) is 10.0 Å². The second-order valence-corrected chi connectivity index (χ2v) is 8.96. The quantitative estimate of drug-likeness (QED) is 0.689. The van der Waals surface area contributed by atoms with Crippen LogP contribution in [0.25, 0.3) is 11.2 Å². The van der Waals surface area contributed by atoms with Gasteiger partial charge in [-0.1, -0.05) is 0 Å². The number of fused-ring (bicyclic) bond motifs is 1. The van der Waals surface area contributed by atoms with Crippen molar-refractivity contribution in [2.75, 3.05) is 13.1 Å². The van der Waals surface area contributed by atoms with E-state index in [0.717, 1.165) is 24.0 Å². The molecule has 4 rings (SSSR count). The van der Waals surface area contributed by atoms with Crippen molar-refractivity contribution in [2.45, 2.75) is 31.2 Å². The van der Waals surface area contributed by atoms with E-state index in [1.807, 2.05) is 16.7 Å². The van der Waals surface area contributed by atoms with Gasteiger partial charge in [0.25, 0.3) is 0 Å². The van der Waals surface area contributed by atoms with Gasteiger partial charge in [-0.2, -0.15) is 4.31 Å². The van der Waals surface area contributed by atoms with E-state index in [1.54, 1.807) is 19.4 Å². The first-order chi connectivity index (χ1) is 12.9. The summed E-state index contributed by atoms with van der Waals surface area (Å²) in [7, 11) is -3.63. The molecular weight excluding hydrogens is 367 g/mol. The van der Waals surface area contributed by atoms with Crippen molar-refractivity contribution in [3.63, 3.8) is 0 Å². The Kier molecular flexibility index (Phi) is 4.69. The minimum absolute atomic E-state index is 0.150. The number of benzene rings is 1. The van der Waals surface area contributed by atoms with Crippen LogP contribution in [0.3, 0.4) is 0 Å². The number of sulfonamides is 1. The molecule has 1 unspecified atom stereocenters. The molecule has 2 aromatic heterocycles. The Morgan fingerprint density at radius 2 is 2.11 bits per heavy atom. The van der Waals surface area contributed by atoms with Crippen molar-refractivity contribution in [1.29, 1.82) is 0 Å². The summed E-state index contributed by atoms with van der Waals surface area (Å²) in [5, 5.41) is 0. The highest BCUT2D eigenvalue weighted by Crippen LogP contribution is 2.26. The summed E-state index contributed by atoms with van der Waals surface area (Å²) in [5.41, 5.74) is 1.98. The Labute approximate surface area is 157 Å². The zero-order valence-corrected chi connectivity index (χ0v) is 15.9. The zero-order chi connectivity index (χ0) is 19.0. The molecule has 0 saturated carbocycles. The molecule has 1 atom stereocenters. The molecule has 0 spiro atoms. The van der Waals surface area contributed by atoms with Crippen LogP contribution in [0.15, 0.2) is 47.8 Å². The normalized spacial score (nSPS) is 18.8. The molecule has 1 fully saturated rings. The van der Waals surface area contributed by atoms with Crippen LogP contribution in [0.2, 0.25) is 0 Å². The third-order valence-electron chi connectivity index (χ3n) is 5.08. The van der Waals surface area contributed by atoms with E-state index in [2.05, 4.69) is 9.97 Å². The van der Waals surface area contributed by atoms with Crippen LogP contribution in [0.4, 0.5) is 4.39 Å². The molecule has 8 heteroatoms. The molecule has 1 aliphatic rings. The Morgan fingerprint density at radius 1 is 1.26 bits per heavy atom. The van der Waals surface area contributed by atoms with Crippen LogP contribution in [0.5, 0.6) is 0 Å². The summed E-state index contributed by atoms with van der Waals surface area (Å²) in [6.07, 6.45) is 5.23. The maximum atomic E-state index is 13.5. The summed E-state index contributed by atoms with van der Waals surface area (Å²) in [4.78, 5) is 8.87. The third kappa shape index (κ3) is 3.46. The molecule has 0 radical (unpaired) electrons. The molecule has 0 bridgehead atoms. The molecule has 142 valence electrons. The van der Waals surface area contributed by atoms with Gasteiger partial charge in [-0.05, 0) is 61.6 Å². The van der Waals surface area contributed by atoms with Gasteiger partial charge in [-0.3, -0.25) is 0 Å². The Morgan fingerprint density at radius 3 is 2.93 bits per heavy atom. The van der Waals surface area contributed by atoms with Crippen molar-refractivity contribution in [2.24, 2.45) is 5.92 Å². The number of pyridine rings is 1. The van der Waals surface area contributed by atoms with E-state index in [0.29, 0.717) is 25.2 Å². The SMILES string of the molecule is Cc1cc(S(=O)(=O)N2CCCC(Cn3cnc4cccnc43)C2)ccc1F. The lowest BCUT2D eigenvalue weighted by molar-refractivity contribution is 0.246. The standard InChI is InChI=1S/C19H21FN4O2S/c1-14-10-16(6-7-17(14)20)27(25,26)24-9-3-4-15(12-24)11-23-13-22-18-5-2-8-21-19(18)23/h2,5-8,10,13,15H,3-4,9,11-12H2,1H3. The van der Waals surface area contributed by atoms with Gasteiger partial charge >= 0.3 is 0 Å². The predicted molar refractivity (Wildman–Crippen MR) is 100 cm³/mol. The van der Waals surface area contributed by atoms with Crippen molar-refractivity contribution in [3.05, 3.63) is 54.2 Å². The van der Waals surface area contributed by atoms with Crippen LogP contribution in [-0.2, 0) is 16.6 Å². The first kappa shape index (κ1) is 18.1. The summed E-state index contributed by atoms with van der Waals surface area (Å²) in [5.74, 6) is -0.223. The summed E-state index contributed by atoms with van der Waals surface area (Å²) in [6.45, 7) is 3.16. The van der Waals surface area contributed by atoms with Crippen LogP contribution in [-0.4, -0.2) is 40.3 Å². The maximum Gasteiger partial charge on any atom is 0.243 e. The number of rotatable bonds is 4. The first-order valence-electron chi connectivity index (χ1n) is 8.97. The van der Waals surface area contributed by atoms with E-state index in [-0.39, 0.29) is 10.8 Å². The zero-order valence-electron chi connectivity index (χ0n) is 15.0. The number of piperidine rings is 1. The molecule has 0 N–H and O–H groups in total. The van der Waals surface area contributed by atoms with Crippen molar-refractivity contribution in [3.8, 4) is 0 Å². The molecule has 3 heterocycles. The second kappa shape index (κ2) is 7.01. The fraction of sp³-hybridized carbons (Fsp3) is 0.368. The lowest BCUT2D eigenvalue weighted by Gasteiger charge is -2.32. The van der Waals surface area contributed by atoms with Gasteiger partial charge in [0.1, 0.15) is 11.3 Å². The fourth-order valence-corrected chi connectivity index (χ4v) is 5.27. The van der Waals surface area contributed by atoms with Gasteiger partial charge < -0.3 is 4.57 Å². The van der Waals surface area contributed by atoms with E-state index < -0.39 is 15.8 Å². The molecule has 6 nitrogen and oxygen atoms in total. The lowest BCUT2D eigenvalue weighted by atomic mass is 10.00. The van der Waals surface area contributed by atoms with E-state index in [1.165, 1.54) is 22.5 Å². The molecule has 3 aromatic rings. The van der Waals surface area contributed by atoms with Gasteiger partial charge in [-0.15, -0.1) is 0 Å². The molecule has 0 aliphatic carbocycles. The molecular formula is C19H21FN4O2S. The van der Waals surface area contributed by atoms with E-state index in [4.69, 9.17) is 0 Å². The van der Waals surface area contributed by atoms with Crippen molar-refractivity contribution < 1.29 is 12.8 Å². The average Bonchev–Trinajstić information content (AvgIpc) is 3.07. The number of hydrogen-bond acceptors (Lipinski definition) is 4. The Balaban J connectivity index is 1.54. The summed E-state index contributed by atoms with van der Waals surface area (Å²) >= 11 is 0. The number of nitrogens with zero attached hydrogens (tertiary/aromatic N) is 4. The molecule has 0 amide bonds. The first-order valence-corrected chi connectivity index (χ1v) is 10.4. The number of aromatic nitrogens is 3. The lowest BCUT2D eigenvalue weighted by Crippen LogP contribution is -2.41. The number of halogens is 1. The van der Waals surface area contributed by atoms with Crippen LogP contribution in [0, 0.1) is 18.7 Å². The van der Waals surface area contributed by atoms with Gasteiger partial charge in [0.05, 0.1) is 11.2 Å². The molecule has 27 heavy (non-hydrogen) atoms. The van der Waals surface area contributed by atoms with Crippen LogP contribution in [0.1, 0.15) is 18.4 Å². The Bertz CT molecular complexity index is 1080. The van der Waals surface area contributed by atoms with Crippen LogP contribution >= 0.6 is 0 Å². The minimum atomic E-state index is -3.63. The van der Waals surface area contributed by atoms with Crippen molar-refractivity contribution in [1.82, 2.24) is 18.8 Å². The third-order valence-corrected chi connectivity index (χ3v) is 6.94. The maximum absolute atomic E-state index is 13.5. The van der Waals surface area contributed by atoms with Crippen LogP contribution < -0.4 is 0 Å². The minimum Gasteiger partial charge on any atom is -0.315 e. The highest BCUT2D eigenvalue weighted by atomic mass is 32.2. The fourth-order valence-electron chi connectivity index (χ4n) is 3.63. The molecule has 1 aromatic carbocycles.